The first-order valence-corrected chi connectivity index (χ1v) is 8.17. The molecule has 0 radical (unpaired) electrons. The monoisotopic (exact) mass is 368 g/mol. The number of nitrogens with one attached hydrogen (secondary N) is 1. The van der Waals surface area contributed by atoms with Crippen LogP contribution in [0, 0.1) is 0 Å². The lowest BCUT2D eigenvalue weighted by Gasteiger charge is -2.14. The highest BCUT2D eigenvalue weighted by Gasteiger charge is 2.33. The number of nitrogens with zero attached hydrogens (tertiary/aromatic N) is 2. The smallest absolute Gasteiger partial charge is 0.383 e. The van der Waals surface area contributed by atoms with Crippen LogP contribution in [-0.4, -0.2) is 30.2 Å². The molecule has 3 aromatic rings. The third kappa shape index (κ3) is 3.83. The average molecular weight is 368 g/mol. The highest BCUT2D eigenvalue weighted by Crippen LogP contribution is 2.35. The maximum absolute atomic E-state index is 13.0. The number of nitrogens with two attached hydrogens (primary N) is 1. The summed E-state index contributed by atoms with van der Waals surface area (Å²) in [6.07, 6.45) is -4.51. The van der Waals surface area contributed by atoms with Gasteiger partial charge in [-0.3, -0.25) is 0 Å². The number of anilines is 2. The Labute approximate surface area is 145 Å². The van der Waals surface area contributed by atoms with Gasteiger partial charge in [-0.1, -0.05) is 17.4 Å². The molecule has 0 spiro atoms. The Hall–Kier alpha value is -2.39. The van der Waals surface area contributed by atoms with Crippen LogP contribution < -0.4 is 11.1 Å². The second-order valence-electron chi connectivity index (χ2n) is 5.24. The summed E-state index contributed by atoms with van der Waals surface area (Å²) in [5, 5.41) is 3.34. The van der Waals surface area contributed by atoms with E-state index in [2.05, 4.69) is 15.3 Å². The Morgan fingerprint density at radius 3 is 2.72 bits per heavy atom. The van der Waals surface area contributed by atoms with Crippen LogP contribution in [0.15, 0.2) is 30.3 Å². The minimum atomic E-state index is -4.51. The van der Waals surface area contributed by atoms with Crippen LogP contribution in [0.2, 0.25) is 0 Å². The fourth-order valence-corrected chi connectivity index (χ4v) is 3.08. The molecule has 0 atom stereocenters. The Morgan fingerprint density at radius 2 is 2.00 bits per heavy atom. The number of fused-ring (bicyclic) bond motifs is 1. The molecule has 132 valence electrons. The van der Waals surface area contributed by atoms with Gasteiger partial charge in [0.05, 0.1) is 16.8 Å². The molecule has 25 heavy (non-hydrogen) atoms. The molecule has 0 aliphatic heterocycles. The van der Waals surface area contributed by atoms with Gasteiger partial charge in [0, 0.05) is 19.2 Å². The quantitative estimate of drug-likeness (QED) is 0.666. The topological polar surface area (TPSA) is 73.1 Å². The molecular formula is C16H15F3N4OS. The van der Waals surface area contributed by atoms with E-state index >= 15 is 0 Å². The second-order valence-corrected chi connectivity index (χ2v) is 6.31. The third-order valence-corrected chi connectivity index (χ3v) is 4.36. The number of rotatable bonds is 5. The van der Waals surface area contributed by atoms with Crippen LogP contribution in [0.25, 0.3) is 21.3 Å². The van der Waals surface area contributed by atoms with Gasteiger partial charge in [-0.25, -0.2) is 9.97 Å². The van der Waals surface area contributed by atoms with Gasteiger partial charge in [0.1, 0.15) is 11.5 Å². The van der Waals surface area contributed by atoms with Gasteiger partial charge in [-0.15, -0.1) is 0 Å². The van der Waals surface area contributed by atoms with Gasteiger partial charge >= 0.3 is 6.18 Å². The van der Waals surface area contributed by atoms with Gasteiger partial charge < -0.3 is 15.8 Å². The van der Waals surface area contributed by atoms with Crippen molar-refractivity contribution >= 4 is 32.5 Å². The largest absolute Gasteiger partial charge is 0.433 e. The van der Waals surface area contributed by atoms with Crippen LogP contribution in [0.5, 0.6) is 0 Å². The van der Waals surface area contributed by atoms with Crippen molar-refractivity contribution < 1.29 is 17.9 Å². The van der Waals surface area contributed by atoms with Crippen LogP contribution >= 0.6 is 11.3 Å². The van der Waals surface area contributed by atoms with Crippen molar-refractivity contribution in [3.63, 3.8) is 0 Å². The zero-order chi connectivity index (χ0) is 18.0. The van der Waals surface area contributed by atoms with Crippen molar-refractivity contribution in [1.29, 1.82) is 0 Å². The zero-order valence-electron chi connectivity index (χ0n) is 13.2. The van der Waals surface area contributed by atoms with Crippen LogP contribution in [-0.2, 0) is 10.9 Å². The summed E-state index contributed by atoms with van der Waals surface area (Å²) in [6, 6.07) is 7.81. The number of methoxy groups -OCH3 is 1. The Balaban J connectivity index is 2.05. The summed E-state index contributed by atoms with van der Waals surface area (Å²) in [4.78, 5) is 7.96. The van der Waals surface area contributed by atoms with E-state index in [9.17, 15) is 13.2 Å². The molecule has 1 aromatic carbocycles. The highest BCUT2D eigenvalue weighted by atomic mass is 32.1. The summed E-state index contributed by atoms with van der Waals surface area (Å²) >= 11 is 1.35. The van der Waals surface area contributed by atoms with Gasteiger partial charge in [-0.05, 0) is 29.8 Å². The summed E-state index contributed by atoms with van der Waals surface area (Å²) < 4.78 is 44.7. The molecular weight excluding hydrogens is 353 g/mol. The molecule has 3 rings (SSSR count). The van der Waals surface area contributed by atoms with E-state index in [0.717, 1.165) is 10.8 Å². The number of aromatic nitrogens is 2. The van der Waals surface area contributed by atoms with Crippen molar-refractivity contribution in [3.05, 3.63) is 36.0 Å². The van der Waals surface area contributed by atoms with E-state index in [1.807, 2.05) is 12.1 Å². The average Bonchev–Trinajstić information content (AvgIpc) is 2.93. The molecule has 0 fully saturated rings. The van der Waals surface area contributed by atoms with E-state index in [-0.39, 0.29) is 5.82 Å². The number of nitrogen functional groups attached to an aromatic ring is 1. The van der Waals surface area contributed by atoms with E-state index in [4.69, 9.17) is 10.5 Å². The minimum absolute atomic E-state index is 0.148. The SMILES string of the molecule is COCCNc1nc(C(F)(F)F)ccc1-c1ccc2sc(N)nc2c1. The molecule has 5 nitrogen and oxygen atoms in total. The predicted molar refractivity (Wildman–Crippen MR) is 92.6 cm³/mol. The van der Waals surface area contributed by atoms with Crippen molar-refractivity contribution in [2.45, 2.75) is 6.18 Å². The van der Waals surface area contributed by atoms with Gasteiger partial charge in [-0.2, -0.15) is 13.2 Å². The third-order valence-electron chi connectivity index (χ3n) is 3.50. The lowest BCUT2D eigenvalue weighted by molar-refractivity contribution is -0.141. The van der Waals surface area contributed by atoms with Crippen molar-refractivity contribution in [3.8, 4) is 11.1 Å². The summed E-state index contributed by atoms with van der Waals surface area (Å²) in [5.41, 5.74) is 6.71. The van der Waals surface area contributed by atoms with E-state index in [1.165, 1.54) is 24.5 Å². The van der Waals surface area contributed by atoms with E-state index in [1.54, 1.807) is 6.07 Å². The number of alkyl halides is 3. The Morgan fingerprint density at radius 1 is 1.20 bits per heavy atom. The van der Waals surface area contributed by atoms with Gasteiger partial charge in [0.2, 0.25) is 0 Å². The summed E-state index contributed by atoms with van der Waals surface area (Å²) in [6.45, 7) is 0.683. The molecule has 3 N–H and O–H groups in total. The second kappa shape index (κ2) is 6.85. The number of hydrogen-bond acceptors (Lipinski definition) is 6. The van der Waals surface area contributed by atoms with Crippen LogP contribution in [0.4, 0.5) is 24.1 Å². The molecule has 0 aliphatic rings. The fourth-order valence-electron chi connectivity index (χ4n) is 2.37. The summed E-state index contributed by atoms with van der Waals surface area (Å²) in [7, 11) is 1.52. The van der Waals surface area contributed by atoms with Gasteiger partial charge in [0.15, 0.2) is 5.13 Å². The maximum atomic E-state index is 13.0. The number of hydrogen-bond donors (Lipinski definition) is 2. The molecule has 0 aliphatic carbocycles. The lowest BCUT2D eigenvalue weighted by Crippen LogP contribution is -2.14. The Kier molecular flexibility index (Phi) is 4.78. The predicted octanol–water partition coefficient (Wildman–Crippen LogP) is 4.02. The van der Waals surface area contributed by atoms with E-state index in [0.29, 0.717) is 34.9 Å². The van der Waals surface area contributed by atoms with Gasteiger partial charge in [0.25, 0.3) is 0 Å². The number of pyridine rings is 1. The first kappa shape index (κ1) is 17.4. The molecule has 0 bridgehead atoms. The number of halogens is 3. The standard InChI is InChI=1S/C16H15F3N4OS/c1-24-7-6-21-14-10(3-5-13(23-14)16(17,18)19)9-2-4-12-11(8-9)22-15(20)25-12/h2-5,8H,6-7H2,1H3,(H2,20,22)(H,21,23). The number of benzene rings is 1. The summed E-state index contributed by atoms with van der Waals surface area (Å²) in [5.74, 6) is 0.148. The fraction of sp³-hybridized carbons (Fsp3) is 0.250. The first-order chi connectivity index (χ1) is 11.9. The molecule has 0 saturated heterocycles. The number of thiazole rings is 1. The zero-order valence-corrected chi connectivity index (χ0v) is 14.0. The van der Waals surface area contributed by atoms with Crippen molar-refractivity contribution in [1.82, 2.24) is 9.97 Å². The Bertz CT molecular complexity index is 895. The van der Waals surface area contributed by atoms with E-state index < -0.39 is 11.9 Å². The minimum Gasteiger partial charge on any atom is -0.383 e. The molecule has 2 heterocycles. The highest BCUT2D eigenvalue weighted by molar-refractivity contribution is 7.22. The molecule has 0 unspecified atom stereocenters. The first-order valence-electron chi connectivity index (χ1n) is 7.36. The molecule has 0 amide bonds. The van der Waals surface area contributed by atoms with Crippen LogP contribution in [0.3, 0.4) is 0 Å². The number of ether oxygens (including phenoxy) is 1. The van der Waals surface area contributed by atoms with Crippen molar-refractivity contribution in [2.24, 2.45) is 0 Å². The lowest BCUT2D eigenvalue weighted by atomic mass is 10.1. The molecule has 9 heteroatoms. The maximum Gasteiger partial charge on any atom is 0.433 e. The van der Waals surface area contributed by atoms with Crippen LogP contribution in [0.1, 0.15) is 5.69 Å². The normalized spacial score (nSPS) is 11.8. The molecule has 0 saturated carbocycles. The van der Waals surface area contributed by atoms with Crippen molar-refractivity contribution in [2.75, 3.05) is 31.3 Å². The molecule has 2 aromatic heterocycles.